The van der Waals surface area contributed by atoms with E-state index >= 15 is 0 Å². The van der Waals surface area contributed by atoms with Crippen molar-refractivity contribution < 1.29 is 4.39 Å². The molecule has 1 aromatic carbocycles. The van der Waals surface area contributed by atoms with Crippen molar-refractivity contribution in [1.82, 2.24) is 0 Å². The predicted octanol–water partition coefficient (Wildman–Crippen LogP) is 3.77. The maximum absolute atomic E-state index is 13.2. The third-order valence-corrected chi connectivity index (χ3v) is 4.36. The highest BCUT2D eigenvalue weighted by Crippen LogP contribution is 2.42. The number of rotatable bonds is 3. The molecule has 2 heteroatoms. The maximum atomic E-state index is 13.2. The summed E-state index contributed by atoms with van der Waals surface area (Å²) in [5.74, 6) is 1.06. The van der Waals surface area contributed by atoms with Crippen LogP contribution < -0.4 is 5.73 Å². The van der Waals surface area contributed by atoms with Crippen LogP contribution in [0.1, 0.15) is 38.7 Å². The molecule has 2 N–H and O–H groups in total. The third kappa shape index (κ3) is 3.32. The van der Waals surface area contributed by atoms with Gasteiger partial charge in [-0.2, -0.15) is 0 Å². The molecular weight excluding hydrogens is 225 g/mol. The standard InChI is InChI=1S/C16H24FN/c1-16(2)7-6-13(11-18)14(10-16)8-12-4-3-5-15(17)9-12/h3-5,9,13-14H,6-8,10-11,18H2,1-2H3. The molecule has 1 fully saturated rings. The molecule has 18 heavy (non-hydrogen) atoms. The Morgan fingerprint density at radius 3 is 2.78 bits per heavy atom. The Labute approximate surface area is 110 Å². The fraction of sp³-hybridized carbons (Fsp3) is 0.625. The van der Waals surface area contributed by atoms with Gasteiger partial charge in [-0.25, -0.2) is 4.39 Å². The minimum Gasteiger partial charge on any atom is -0.330 e. The van der Waals surface area contributed by atoms with Crippen molar-refractivity contribution >= 4 is 0 Å². The molecule has 1 aliphatic carbocycles. The van der Waals surface area contributed by atoms with Crippen molar-refractivity contribution in [2.75, 3.05) is 6.54 Å². The summed E-state index contributed by atoms with van der Waals surface area (Å²) in [5.41, 5.74) is 7.41. The highest BCUT2D eigenvalue weighted by atomic mass is 19.1. The molecule has 0 amide bonds. The van der Waals surface area contributed by atoms with Gasteiger partial charge in [0.05, 0.1) is 0 Å². The molecule has 0 spiro atoms. The smallest absolute Gasteiger partial charge is 0.123 e. The van der Waals surface area contributed by atoms with Crippen molar-refractivity contribution in [1.29, 1.82) is 0 Å². The molecule has 2 unspecified atom stereocenters. The van der Waals surface area contributed by atoms with Crippen molar-refractivity contribution in [3.63, 3.8) is 0 Å². The first-order valence-corrected chi connectivity index (χ1v) is 6.95. The fourth-order valence-electron chi connectivity index (χ4n) is 3.31. The lowest BCUT2D eigenvalue weighted by Crippen LogP contribution is -2.35. The van der Waals surface area contributed by atoms with E-state index < -0.39 is 0 Å². The van der Waals surface area contributed by atoms with Crippen LogP contribution in [0.25, 0.3) is 0 Å². The van der Waals surface area contributed by atoms with E-state index in [9.17, 15) is 4.39 Å². The van der Waals surface area contributed by atoms with Crippen LogP contribution in [0.4, 0.5) is 4.39 Å². The van der Waals surface area contributed by atoms with E-state index in [2.05, 4.69) is 13.8 Å². The first-order chi connectivity index (χ1) is 8.50. The number of benzene rings is 1. The second-order valence-corrected chi connectivity index (χ2v) is 6.50. The lowest BCUT2D eigenvalue weighted by Gasteiger charge is -2.40. The first-order valence-electron chi connectivity index (χ1n) is 6.95. The Kier molecular flexibility index (Phi) is 4.06. The van der Waals surface area contributed by atoms with Gasteiger partial charge in [-0.1, -0.05) is 26.0 Å². The van der Waals surface area contributed by atoms with Crippen LogP contribution in [0.2, 0.25) is 0 Å². The monoisotopic (exact) mass is 249 g/mol. The number of nitrogens with two attached hydrogens (primary N) is 1. The molecule has 1 saturated carbocycles. The van der Waals surface area contributed by atoms with Crippen LogP contribution >= 0.6 is 0 Å². The van der Waals surface area contributed by atoms with Gasteiger partial charge in [0.2, 0.25) is 0 Å². The van der Waals surface area contributed by atoms with Gasteiger partial charge in [0.25, 0.3) is 0 Å². The van der Waals surface area contributed by atoms with Crippen molar-refractivity contribution in [2.24, 2.45) is 23.0 Å². The van der Waals surface area contributed by atoms with Crippen LogP contribution in [0.15, 0.2) is 24.3 Å². The SMILES string of the molecule is CC1(C)CCC(CN)C(Cc2cccc(F)c2)C1. The van der Waals surface area contributed by atoms with Gasteiger partial charge in [-0.3, -0.25) is 0 Å². The Bertz CT molecular complexity index is 400. The van der Waals surface area contributed by atoms with Gasteiger partial charge < -0.3 is 5.73 Å². The van der Waals surface area contributed by atoms with Crippen molar-refractivity contribution in [2.45, 2.75) is 39.5 Å². The van der Waals surface area contributed by atoms with Crippen LogP contribution in [0.3, 0.4) is 0 Å². The Balaban J connectivity index is 2.09. The van der Waals surface area contributed by atoms with E-state index in [0.29, 0.717) is 17.3 Å². The van der Waals surface area contributed by atoms with Gasteiger partial charge >= 0.3 is 0 Å². The van der Waals surface area contributed by atoms with Crippen molar-refractivity contribution in [3.8, 4) is 0 Å². The molecule has 1 aromatic rings. The second kappa shape index (κ2) is 5.40. The molecule has 100 valence electrons. The highest BCUT2D eigenvalue weighted by Gasteiger charge is 2.33. The lowest BCUT2D eigenvalue weighted by atomic mass is 9.65. The molecule has 0 heterocycles. The van der Waals surface area contributed by atoms with Crippen LogP contribution in [-0.4, -0.2) is 6.54 Å². The average Bonchev–Trinajstić information content (AvgIpc) is 2.28. The zero-order valence-electron chi connectivity index (χ0n) is 11.5. The fourth-order valence-corrected chi connectivity index (χ4v) is 3.31. The summed E-state index contributed by atoms with van der Waals surface area (Å²) in [4.78, 5) is 0. The van der Waals surface area contributed by atoms with Gasteiger partial charge in [-0.15, -0.1) is 0 Å². The van der Waals surface area contributed by atoms with E-state index in [1.807, 2.05) is 6.07 Å². The summed E-state index contributed by atoms with van der Waals surface area (Å²) in [6.07, 6.45) is 4.63. The molecule has 1 aliphatic rings. The molecule has 0 saturated heterocycles. The third-order valence-electron chi connectivity index (χ3n) is 4.36. The van der Waals surface area contributed by atoms with E-state index in [-0.39, 0.29) is 5.82 Å². The van der Waals surface area contributed by atoms with Crippen LogP contribution in [0, 0.1) is 23.1 Å². The molecule has 0 aliphatic heterocycles. The summed E-state index contributed by atoms with van der Waals surface area (Å²) in [5, 5.41) is 0. The summed E-state index contributed by atoms with van der Waals surface area (Å²) in [6.45, 7) is 5.42. The summed E-state index contributed by atoms with van der Waals surface area (Å²) < 4.78 is 13.2. The predicted molar refractivity (Wildman–Crippen MR) is 73.8 cm³/mol. The van der Waals surface area contributed by atoms with E-state index in [4.69, 9.17) is 5.73 Å². The molecular formula is C16H24FN. The average molecular weight is 249 g/mol. The number of hydrogen-bond donors (Lipinski definition) is 1. The van der Waals surface area contributed by atoms with Crippen molar-refractivity contribution in [3.05, 3.63) is 35.6 Å². The lowest BCUT2D eigenvalue weighted by molar-refractivity contribution is 0.121. The minimum atomic E-state index is -0.133. The molecule has 2 rings (SSSR count). The molecule has 2 atom stereocenters. The van der Waals surface area contributed by atoms with Crippen LogP contribution in [-0.2, 0) is 6.42 Å². The second-order valence-electron chi connectivity index (χ2n) is 6.50. The Morgan fingerprint density at radius 2 is 2.11 bits per heavy atom. The largest absolute Gasteiger partial charge is 0.330 e. The summed E-state index contributed by atoms with van der Waals surface area (Å²) in [6, 6.07) is 7.00. The molecule has 1 nitrogen and oxygen atoms in total. The summed E-state index contributed by atoms with van der Waals surface area (Å²) >= 11 is 0. The highest BCUT2D eigenvalue weighted by molar-refractivity contribution is 5.17. The van der Waals surface area contributed by atoms with E-state index in [1.54, 1.807) is 12.1 Å². The molecule has 0 bridgehead atoms. The number of hydrogen-bond acceptors (Lipinski definition) is 1. The van der Waals surface area contributed by atoms with Crippen LogP contribution in [0.5, 0.6) is 0 Å². The summed E-state index contributed by atoms with van der Waals surface area (Å²) in [7, 11) is 0. The topological polar surface area (TPSA) is 26.0 Å². The Hall–Kier alpha value is -0.890. The normalized spacial score (nSPS) is 27.1. The maximum Gasteiger partial charge on any atom is 0.123 e. The van der Waals surface area contributed by atoms with E-state index in [1.165, 1.54) is 25.3 Å². The van der Waals surface area contributed by atoms with Gasteiger partial charge in [0, 0.05) is 0 Å². The Morgan fingerprint density at radius 1 is 1.33 bits per heavy atom. The minimum absolute atomic E-state index is 0.133. The van der Waals surface area contributed by atoms with Gasteiger partial charge in [0.1, 0.15) is 5.82 Å². The molecule has 0 radical (unpaired) electrons. The van der Waals surface area contributed by atoms with E-state index in [0.717, 1.165) is 18.5 Å². The quantitative estimate of drug-likeness (QED) is 0.867. The zero-order valence-corrected chi connectivity index (χ0v) is 11.5. The number of halogens is 1. The zero-order chi connectivity index (χ0) is 13.2. The molecule has 0 aromatic heterocycles. The first kappa shape index (κ1) is 13.5. The van der Waals surface area contributed by atoms with Gasteiger partial charge in [0.15, 0.2) is 0 Å². The van der Waals surface area contributed by atoms with Gasteiger partial charge in [-0.05, 0) is 67.2 Å².